The van der Waals surface area contributed by atoms with Crippen molar-refractivity contribution in [1.82, 2.24) is 0 Å². The Kier molecular flexibility index (Phi) is 4.99. The first kappa shape index (κ1) is 12.9. The van der Waals surface area contributed by atoms with Crippen molar-refractivity contribution in [2.75, 3.05) is 46.5 Å². The lowest BCUT2D eigenvalue weighted by Crippen LogP contribution is -2.55. The summed E-state index contributed by atoms with van der Waals surface area (Å²) in [6, 6.07) is 0. The molecule has 1 saturated heterocycles. The van der Waals surface area contributed by atoms with Crippen LogP contribution in [0.15, 0.2) is 0 Å². The monoisotopic (exact) mass is 218 g/mol. The molecule has 0 amide bonds. The first-order valence-corrected chi connectivity index (χ1v) is 5.73. The van der Waals surface area contributed by atoms with E-state index in [2.05, 4.69) is 7.05 Å². The second kappa shape index (κ2) is 5.80. The van der Waals surface area contributed by atoms with Crippen LogP contribution in [0.25, 0.3) is 0 Å². The number of aliphatic hydroxyl groups excluding tert-OH is 1. The predicted octanol–water partition coefficient (Wildman–Crippen LogP) is 0.249. The maximum Gasteiger partial charge on any atom is 0.126 e. The van der Waals surface area contributed by atoms with Gasteiger partial charge in [-0.05, 0) is 13.8 Å². The maximum atomic E-state index is 9.83. The summed E-state index contributed by atoms with van der Waals surface area (Å²) in [4.78, 5) is 0. The second-order valence-corrected chi connectivity index (χ2v) is 4.90. The van der Waals surface area contributed by atoms with Crippen LogP contribution in [0.3, 0.4) is 0 Å². The Morgan fingerprint density at radius 2 is 1.93 bits per heavy atom. The molecule has 1 N–H and O–H groups in total. The van der Waals surface area contributed by atoms with Crippen molar-refractivity contribution in [2.45, 2.75) is 26.1 Å². The van der Waals surface area contributed by atoms with E-state index in [0.717, 1.165) is 37.3 Å². The van der Waals surface area contributed by atoms with E-state index in [-0.39, 0.29) is 12.2 Å². The molecule has 1 rings (SSSR count). The van der Waals surface area contributed by atoms with Crippen LogP contribution in [-0.2, 0) is 9.47 Å². The second-order valence-electron chi connectivity index (χ2n) is 4.90. The molecule has 0 aromatic heterocycles. The molecule has 0 saturated carbocycles. The summed E-state index contributed by atoms with van der Waals surface area (Å²) in [5.41, 5.74) is 0. The third kappa shape index (κ3) is 4.93. The van der Waals surface area contributed by atoms with Gasteiger partial charge in [0.05, 0.1) is 33.0 Å². The highest BCUT2D eigenvalue weighted by Gasteiger charge is 2.28. The number of ether oxygens (including phenoxy) is 2. The van der Waals surface area contributed by atoms with Crippen LogP contribution in [0, 0.1) is 0 Å². The van der Waals surface area contributed by atoms with Crippen molar-refractivity contribution in [2.24, 2.45) is 0 Å². The number of aliphatic hydroxyl groups is 1. The zero-order valence-corrected chi connectivity index (χ0v) is 10.1. The van der Waals surface area contributed by atoms with Crippen LogP contribution in [0.2, 0.25) is 0 Å². The van der Waals surface area contributed by atoms with Gasteiger partial charge < -0.3 is 19.1 Å². The van der Waals surface area contributed by atoms with Crippen LogP contribution < -0.4 is 0 Å². The molecule has 0 bridgehead atoms. The van der Waals surface area contributed by atoms with Crippen molar-refractivity contribution in [3.05, 3.63) is 0 Å². The Bertz CT molecular complexity index is 179. The predicted molar refractivity (Wildman–Crippen MR) is 58.7 cm³/mol. The molecule has 1 heterocycles. The van der Waals surface area contributed by atoms with Gasteiger partial charge >= 0.3 is 0 Å². The minimum atomic E-state index is -0.365. The Morgan fingerprint density at radius 3 is 2.47 bits per heavy atom. The molecule has 4 nitrogen and oxygen atoms in total. The van der Waals surface area contributed by atoms with Crippen molar-refractivity contribution in [3.63, 3.8) is 0 Å². The Balaban J connectivity index is 2.25. The third-order valence-corrected chi connectivity index (χ3v) is 2.82. The van der Waals surface area contributed by atoms with E-state index in [4.69, 9.17) is 9.47 Å². The van der Waals surface area contributed by atoms with Crippen LogP contribution in [0.5, 0.6) is 0 Å². The lowest BCUT2D eigenvalue weighted by Gasteiger charge is -2.38. The van der Waals surface area contributed by atoms with E-state index in [0.29, 0.717) is 6.61 Å². The fraction of sp³-hybridized carbons (Fsp3) is 1.00. The molecule has 1 fully saturated rings. The largest absolute Gasteiger partial charge is 0.385 e. The van der Waals surface area contributed by atoms with Gasteiger partial charge in [-0.3, -0.25) is 0 Å². The highest BCUT2D eigenvalue weighted by atomic mass is 16.5. The summed E-state index contributed by atoms with van der Waals surface area (Å²) in [6.07, 6.45) is -0.176. The summed E-state index contributed by atoms with van der Waals surface area (Å²) in [5, 5.41) is 9.83. The minimum Gasteiger partial charge on any atom is -0.385 e. The topological polar surface area (TPSA) is 38.7 Å². The van der Waals surface area contributed by atoms with Gasteiger partial charge in [0.1, 0.15) is 25.7 Å². The molecule has 1 aliphatic rings. The number of likely N-dealkylation sites (N-methyl/N-ethyl adjacent to an activating group) is 1. The zero-order chi connectivity index (χ0) is 11.3. The molecule has 1 unspecified atom stereocenters. The Hall–Kier alpha value is -0.160. The summed E-state index contributed by atoms with van der Waals surface area (Å²) in [6.45, 7) is 8.73. The van der Waals surface area contributed by atoms with Crippen LogP contribution in [-0.4, -0.2) is 68.3 Å². The summed E-state index contributed by atoms with van der Waals surface area (Å²) in [5.74, 6) is 0. The first-order valence-electron chi connectivity index (χ1n) is 5.73. The van der Waals surface area contributed by atoms with Crippen molar-refractivity contribution in [1.29, 1.82) is 0 Å². The van der Waals surface area contributed by atoms with Gasteiger partial charge in [0.2, 0.25) is 0 Å². The number of hydrogen-bond acceptors (Lipinski definition) is 3. The van der Waals surface area contributed by atoms with Crippen molar-refractivity contribution >= 4 is 0 Å². The summed E-state index contributed by atoms with van der Waals surface area (Å²) in [7, 11) is 2.17. The van der Waals surface area contributed by atoms with Crippen LogP contribution >= 0.6 is 0 Å². The maximum absolute atomic E-state index is 9.83. The van der Waals surface area contributed by atoms with Gasteiger partial charge in [-0.2, -0.15) is 0 Å². The highest BCUT2D eigenvalue weighted by molar-refractivity contribution is 4.56. The zero-order valence-electron chi connectivity index (χ0n) is 10.1. The summed E-state index contributed by atoms with van der Waals surface area (Å²) >= 11 is 0. The van der Waals surface area contributed by atoms with Crippen LogP contribution in [0.4, 0.5) is 0 Å². The van der Waals surface area contributed by atoms with Crippen molar-refractivity contribution < 1.29 is 19.1 Å². The fourth-order valence-electron chi connectivity index (χ4n) is 1.83. The molecular formula is C11H24NO3+. The van der Waals surface area contributed by atoms with E-state index in [9.17, 15) is 5.11 Å². The molecule has 4 heteroatoms. The first-order chi connectivity index (χ1) is 7.02. The highest BCUT2D eigenvalue weighted by Crippen LogP contribution is 2.09. The van der Waals surface area contributed by atoms with Crippen LogP contribution in [0.1, 0.15) is 13.8 Å². The molecule has 0 spiro atoms. The smallest absolute Gasteiger partial charge is 0.126 e. The quantitative estimate of drug-likeness (QED) is 0.672. The molecule has 1 atom stereocenters. The molecule has 0 aromatic rings. The van der Waals surface area contributed by atoms with E-state index >= 15 is 0 Å². The number of rotatable bonds is 5. The molecule has 0 radical (unpaired) electrons. The lowest BCUT2D eigenvalue weighted by atomic mass is 10.2. The van der Waals surface area contributed by atoms with Crippen molar-refractivity contribution in [3.8, 4) is 0 Å². The van der Waals surface area contributed by atoms with Gasteiger partial charge in [-0.1, -0.05) is 0 Å². The standard InChI is InChI=1S/C11H24NO3/c1-10(2)15-9-11(13)8-12(3)4-6-14-7-5-12/h10-11,13H,4-9H2,1-3H3/q+1. The Morgan fingerprint density at radius 1 is 1.33 bits per heavy atom. The average Bonchev–Trinajstić information content (AvgIpc) is 2.15. The number of nitrogens with zero attached hydrogens (tertiary/aromatic N) is 1. The Labute approximate surface area is 92.4 Å². The van der Waals surface area contributed by atoms with E-state index < -0.39 is 0 Å². The average molecular weight is 218 g/mol. The molecule has 15 heavy (non-hydrogen) atoms. The number of morpholine rings is 1. The van der Waals surface area contributed by atoms with Gasteiger partial charge in [0, 0.05) is 0 Å². The van der Waals surface area contributed by atoms with E-state index in [1.54, 1.807) is 0 Å². The van der Waals surface area contributed by atoms with E-state index in [1.807, 2.05) is 13.8 Å². The fourth-order valence-corrected chi connectivity index (χ4v) is 1.83. The molecule has 0 aromatic carbocycles. The SMILES string of the molecule is CC(C)OCC(O)C[N+]1(C)CCOCC1. The third-order valence-electron chi connectivity index (χ3n) is 2.82. The molecule has 1 aliphatic heterocycles. The number of hydrogen-bond donors (Lipinski definition) is 1. The minimum absolute atomic E-state index is 0.189. The normalized spacial score (nSPS) is 23.0. The summed E-state index contributed by atoms with van der Waals surface area (Å²) < 4.78 is 11.6. The van der Waals surface area contributed by atoms with Gasteiger partial charge in [-0.25, -0.2) is 0 Å². The lowest BCUT2D eigenvalue weighted by molar-refractivity contribution is -0.919. The van der Waals surface area contributed by atoms with Gasteiger partial charge in [0.25, 0.3) is 0 Å². The number of quaternary nitrogens is 1. The molecule has 90 valence electrons. The molecule has 0 aliphatic carbocycles. The van der Waals surface area contributed by atoms with Gasteiger partial charge in [0.15, 0.2) is 0 Å². The molecular weight excluding hydrogens is 194 g/mol. The van der Waals surface area contributed by atoms with E-state index in [1.165, 1.54) is 0 Å². The van der Waals surface area contributed by atoms with Gasteiger partial charge in [-0.15, -0.1) is 0 Å².